The van der Waals surface area contributed by atoms with Gasteiger partial charge in [0.25, 0.3) is 0 Å². The number of anilines is 2. The molecule has 0 unspecified atom stereocenters. The summed E-state index contributed by atoms with van der Waals surface area (Å²) in [6.07, 6.45) is 10.6. The molecule has 0 saturated carbocycles. The van der Waals surface area contributed by atoms with Crippen molar-refractivity contribution >= 4 is 23.1 Å². The van der Waals surface area contributed by atoms with Gasteiger partial charge in [0.2, 0.25) is 11.9 Å². The minimum absolute atomic E-state index is 0.445. The van der Waals surface area contributed by atoms with Crippen LogP contribution in [0.1, 0.15) is 29.9 Å². The van der Waals surface area contributed by atoms with Crippen molar-refractivity contribution in [1.29, 1.82) is 0 Å². The first-order valence-electron chi connectivity index (χ1n) is 8.26. The van der Waals surface area contributed by atoms with Gasteiger partial charge in [-0.3, -0.25) is 4.79 Å². The minimum atomic E-state index is -0.465. The molecule has 0 aliphatic carbocycles. The smallest absolute Gasteiger partial charge is 0.248 e. The summed E-state index contributed by atoms with van der Waals surface area (Å²) in [5.41, 5.74) is 8.07. The van der Waals surface area contributed by atoms with Crippen molar-refractivity contribution in [2.75, 3.05) is 5.32 Å². The van der Waals surface area contributed by atoms with Crippen LogP contribution in [-0.4, -0.2) is 15.9 Å². The van der Waals surface area contributed by atoms with Crippen LogP contribution in [0.15, 0.2) is 80.1 Å². The maximum absolute atomic E-state index is 11.1. The molecule has 0 radical (unpaired) electrons. The van der Waals surface area contributed by atoms with Crippen LogP contribution in [0, 0.1) is 0 Å². The Hall–Kier alpha value is -3.47. The fourth-order valence-corrected chi connectivity index (χ4v) is 1.95. The van der Waals surface area contributed by atoms with E-state index in [0.29, 0.717) is 11.5 Å². The van der Waals surface area contributed by atoms with Gasteiger partial charge in [-0.2, -0.15) is 0 Å². The van der Waals surface area contributed by atoms with Gasteiger partial charge in [0, 0.05) is 23.0 Å². The molecule has 1 heterocycles. The fourth-order valence-electron chi connectivity index (χ4n) is 1.95. The highest BCUT2D eigenvalue weighted by molar-refractivity contribution is 5.93. The maximum Gasteiger partial charge on any atom is 0.248 e. The van der Waals surface area contributed by atoms with Crippen molar-refractivity contribution in [3.63, 3.8) is 0 Å². The molecule has 5 nitrogen and oxygen atoms in total. The van der Waals surface area contributed by atoms with Gasteiger partial charge in [-0.1, -0.05) is 57.4 Å². The summed E-state index contributed by atoms with van der Waals surface area (Å²) in [6.45, 7) is 11.4. The van der Waals surface area contributed by atoms with E-state index in [4.69, 9.17) is 5.73 Å². The van der Waals surface area contributed by atoms with E-state index in [9.17, 15) is 4.79 Å². The fraction of sp³-hybridized carbons (Fsp3) is 0.0952. The van der Waals surface area contributed by atoms with Crippen LogP contribution < -0.4 is 11.1 Å². The number of nitrogens with one attached hydrogen (secondary N) is 1. The molecule has 3 N–H and O–H groups in total. The summed E-state index contributed by atoms with van der Waals surface area (Å²) in [7, 11) is 0. The van der Waals surface area contributed by atoms with Crippen LogP contribution in [0.2, 0.25) is 0 Å². The van der Waals surface area contributed by atoms with Gasteiger partial charge in [0.1, 0.15) is 0 Å². The molecule has 134 valence electrons. The van der Waals surface area contributed by atoms with Crippen LogP contribution in [0.3, 0.4) is 0 Å². The van der Waals surface area contributed by atoms with Crippen molar-refractivity contribution in [3.8, 4) is 0 Å². The molecule has 1 aromatic carbocycles. The number of hydrogen-bond acceptors (Lipinski definition) is 4. The van der Waals surface area contributed by atoms with Crippen LogP contribution in [-0.2, 0) is 0 Å². The first-order valence-corrected chi connectivity index (χ1v) is 8.26. The first-order chi connectivity index (χ1) is 12.6. The lowest BCUT2D eigenvalue weighted by Gasteiger charge is -2.07. The molecule has 2 aromatic rings. The number of benzene rings is 1. The Labute approximate surface area is 154 Å². The summed E-state index contributed by atoms with van der Waals surface area (Å²) in [5.74, 6) is -0.0192. The van der Waals surface area contributed by atoms with E-state index in [0.717, 1.165) is 17.0 Å². The number of amides is 1. The van der Waals surface area contributed by atoms with E-state index in [1.807, 2.05) is 38.1 Å². The molecular weight excluding hydrogens is 324 g/mol. The summed E-state index contributed by atoms with van der Waals surface area (Å²) in [5, 5.41) is 3.09. The molecule has 1 amide bonds. The summed E-state index contributed by atoms with van der Waals surface area (Å²) >= 11 is 0. The standard InChI is InChI=1S/C19H18N4O.C2H6/c1-3-5-7-14(6-4-2)17-12-13-21-19(23-17)22-16-10-8-15(9-11-16)18(20)24;1-2/h3-13H,1-2H2,(H2,20,24)(H,21,22,23);1-2H3/b7-5-,14-6+;. The quantitative estimate of drug-likeness (QED) is 0.713. The molecule has 0 atom stereocenters. The first kappa shape index (κ1) is 20.6. The van der Waals surface area contributed by atoms with E-state index in [1.54, 1.807) is 42.6 Å². The Balaban J connectivity index is 0.00000163. The molecule has 0 bridgehead atoms. The van der Waals surface area contributed by atoms with Gasteiger partial charge in [0.05, 0.1) is 5.69 Å². The highest BCUT2D eigenvalue weighted by atomic mass is 16.1. The Kier molecular flexibility index (Phi) is 8.82. The van der Waals surface area contributed by atoms with Gasteiger partial charge in [-0.15, -0.1) is 0 Å². The second-order valence-electron chi connectivity index (χ2n) is 4.78. The largest absolute Gasteiger partial charge is 0.366 e. The predicted octanol–water partition coefficient (Wildman–Crippen LogP) is 4.66. The van der Waals surface area contributed by atoms with Gasteiger partial charge >= 0.3 is 0 Å². The zero-order valence-electron chi connectivity index (χ0n) is 15.1. The number of hydrogen-bond donors (Lipinski definition) is 2. The number of allylic oxidation sites excluding steroid dienone is 6. The monoisotopic (exact) mass is 348 g/mol. The molecule has 26 heavy (non-hydrogen) atoms. The summed E-state index contributed by atoms with van der Waals surface area (Å²) in [6, 6.07) is 8.58. The Morgan fingerprint density at radius 3 is 2.38 bits per heavy atom. The van der Waals surface area contributed by atoms with Crippen molar-refractivity contribution < 1.29 is 4.79 Å². The Morgan fingerprint density at radius 2 is 1.81 bits per heavy atom. The van der Waals surface area contributed by atoms with Crippen molar-refractivity contribution in [1.82, 2.24) is 9.97 Å². The lowest BCUT2D eigenvalue weighted by atomic mass is 10.1. The molecule has 1 aromatic heterocycles. The number of rotatable bonds is 7. The minimum Gasteiger partial charge on any atom is -0.366 e. The van der Waals surface area contributed by atoms with Gasteiger partial charge in [0.15, 0.2) is 0 Å². The van der Waals surface area contributed by atoms with Crippen molar-refractivity contribution in [2.45, 2.75) is 13.8 Å². The molecule has 0 saturated heterocycles. The van der Waals surface area contributed by atoms with Gasteiger partial charge in [-0.25, -0.2) is 9.97 Å². The zero-order chi connectivity index (χ0) is 19.4. The lowest BCUT2D eigenvalue weighted by molar-refractivity contribution is 0.100. The van der Waals surface area contributed by atoms with Crippen molar-refractivity contribution in [2.24, 2.45) is 5.73 Å². The molecule has 0 spiro atoms. The third-order valence-corrected chi connectivity index (χ3v) is 3.09. The predicted molar refractivity (Wildman–Crippen MR) is 109 cm³/mol. The maximum atomic E-state index is 11.1. The topological polar surface area (TPSA) is 80.9 Å². The number of nitrogens with zero attached hydrogens (tertiary/aromatic N) is 2. The highest BCUT2D eigenvalue weighted by Crippen LogP contribution is 2.18. The number of carbonyl (C=O) groups is 1. The van der Waals surface area contributed by atoms with E-state index < -0.39 is 5.91 Å². The molecular formula is C21H24N4O. The van der Waals surface area contributed by atoms with Gasteiger partial charge in [-0.05, 0) is 30.3 Å². The van der Waals surface area contributed by atoms with Crippen LogP contribution in [0.5, 0.6) is 0 Å². The normalized spacial score (nSPS) is 10.6. The third kappa shape index (κ3) is 6.20. The van der Waals surface area contributed by atoms with E-state index in [1.165, 1.54) is 0 Å². The molecule has 2 rings (SSSR count). The Bertz CT molecular complexity index is 805. The van der Waals surface area contributed by atoms with Crippen LogP contribution in [0.25, 0.3) is 5.57 Å². The highest BCUT2D eigenvalue weighted by Gasteiger charge is 2.04. The zero-order valence-corrected chi connectivity index (χ0v) is 15.1. The lowest BCUT2D eigenvalue weighted by Crippen LogP contribution is -2.10. The molecule has 0 aliphatic rings. The van der Waals surface area contributed by atoms with Crippen LogP contribution in [0.4, 0.5) is 11.6 Å². The summed E-state index contributed by atoms with van der Waals surface area (Å²) in [4.78, 5) is 19.8. The third-order valence-electron chi connectivity index (χ3n) is 3.09. The second kappa shape index (κ2) is 11.1. The average molecular weight is 348 g/mol. The Morgan fingerprint density at radius 1 is 1.12 bits per heavy atom. The van der Waals surface area contributed by atoms with Gasteiger partial charge < -0.3 is 11.1 Å². The van der Waals surface area contributed by atoms with E-state index in [2.05, 4.69) is 28.4 Å². The van der Waals surface area contributed by atoms with Crippen LogP contribution >= 0.6 is 0 Å². The van der Waals surface area contributed by atoms with E-state index in [-0.39, 0.29) is 0 Å². The second-order valence-corrected chi connectivity index (χ2v) is 4.78. The number of nitrogens with two attached hydrogens (primary N) is 1. The molecule has 0 aliphatic heterocycles. The molecule has 0 fully saturated rings. The SMILES string of the molecule is C=C/C=C\C(=C/C=C)c1ccnc(Nc2ccc(C(N)=O)cc2)n1.CC. The molecule has 5 heteroatoms. The van der Waals surface area contributed by atoms with Crippen molar-refractivity contribution in [3.05, 3.63) is 91.3 Å². The number of aromatic nitrogens is 2. The number of primary amides is 1. The number of carbonyl (C=O) groups excluding carboxylic acids is 1. The average Bonchev–Trinajstić information content (AvgIpc) is 2.67. The van der Waals surface area contributed by atoms with E-state index >= 15 is 0 Å². The summed E-state index contributed by atoms with van der Waals surface area (Å²) < 4.78 is 0.